The van der Waals surface area contributed by atoms with Crippen molar-refractivity contribution in [1.29, 1.82) is 10.5 Å². The van der Waals surface area contributed by atoms with Crippen LogP contribution in [0.15, 0.2) is 23.1 Å². The first kappa shape index (κ1) is 20.1. The van der Waals surface area contributed by atoms with Crippen molar-refractivity contribution >= 4 is 27.3 Å². The summed E-state index contributed by atoms with van der Waals surface area (Å²) in [6.45, 7) is 0.482. The second-order valence-electron chi connectivity index (χ2n) is 7.93. The number of carbonyl (C=O) groups excluding carboxylic acids is 1. The van der Waals surface area contributed by atoms with E-state index in [4.69, 9.17) is 11.6 Å². The van der Waals surface area contributed by atoms with Gasteiger partial charge in [-0.25, -0.2) is 12.8 Å². The summed E-state index contributed by atoms with van der Waals surface area (Å²) >= 11 is 5.98. The number of amides is 1. The smallest absolute Gasteiger partial charge is 0.243 e. The van der Waals surface area contributed by atoms with E-state index in [9.17, 15) is 28.1 Å². The lowest BCUT2D eigenvalue weighted by atomic mass is 9.83. The van der Waals surface area contributed by atoms with Crippen LogP contribution in [0.4, 0.5) is 4.39 Å². The van der Waals surface area contributed by atoms with Gasteiger partial charge in [0.1, 0.15) is 16.9 Å². The minimum Gasteiger partial charge on any atom is -0.336 e. The second kappa shape index (κ2) is 6.66. The molecule has 2 aliphatic heterocycles. The highest BCUT2D eigenvalue weighted by Crippen LogP contribution is 2.47. The molecule has 0 bridgehead atoms. The van der Waals surface area contributed by atoms with Crippen molar-refractivity contribution in [2.24, 2.45) is 5.92 Å². The van der Waals surface area contributed by atoms with Crippen LogP contribution in [0, 0.1) is 34.4 Å². The Morgan fingerprint density at radius 3 is 2.66 bits per heavy atom. The summed E-state index contributed by atoms with van der Waals surface area (Å²) in [4.78, 5) is 14.8. The van der Waals surface area contributed by atoms with E-state index in [1.54, 1.807) is 4.90 Å². The van der Waals surface area contributed by atoms with Gasteiger partial charge in [-0.15, -0.1) is 0 Å². The first-order chi connectivity index (χ1) is 13.7. The number of carbonyl (C=O) groups is 1. The molecular weight excluding hydrogens is 419 g/mol. The van der Waals surface area contributed by atoms with Gasteiger partial charge in [0.25, 0.3) is 0 Å². The third kappa shape index (κ3) is 3.00. The Hall–Kier alpha value is -2.20. The highest BCUT2D eigenvalue weighted by molar-refractivity contribution is 7.92. The molecule has 2 saturated heterocycles. The number of nitrogens with zero attached hydrogens (tertiary/aromatic N) is 3. The maximum Gasteiger partial charge on any atom is 0.243 e. The molecule has 2 heterocycles. The number of fused-ring (bicyclic) bond motifs is 1. The van der Waals surface area contributed by atoms with Crippen LogP contribution in [0.3, 0.4) is 0 Å². The van der Waals surface area contributed by atoms with E-state index >= 15 is 0 Å². The Morgan fingerprint density at radius 1 is 1.34 bits per heavy atom. The molecule has 1 aliphatic carbocycles. The molecule has 1 unspecified atom stereocenters. The Balaban J connectivity index is 1.69. The molecule has 7 nitrogen and oxygen atoms in total. The van der Waals surface area contributed by atoms with Crippen molar-refractivity contribution in [2.75, 3.05) is 13.1 Å². The van der Waals surface area contributed by atoms with Crippen molar-refractivity contribution in [3.8, 4) is 12.1 Å². The lowest BCUT2D eigenvalue weighted by Crippen LogP contribution is -2.57. The molecule has 0 aromatic heterocycles. The van der Waals surface area contributed by atoms with Gasteiger partial charge in [-0.1, -0.05) is 11.6 Å². The summed E-state index contributed by atoms with van der Waals surface area (Å²) in [5.41, 5.74) is -2.22. The van der Waals surface area contributed by atoms with Crippen LogP contribution in [0.25, 0.3) is 0 Å². The largest absolute Gasteiger partial charge is 0.336 e. The molecule has 3 atom stereocenters. The Kier molecular flexibility index (Phi) is 4.62. The minimum atomic E-state index is -3.96. The van der Waals surface area contributed by atoms with Crippen LogP contribution < -0.4 is 5.32 Å². The predicted octanol–water partition coefficient (Wildman–Crippen LogP) is 1.78. The van der Waals surface area contributed by atoms with E-state index in [0.29, 0.717) is 25.8 Å². The van der Waals surface area contributed by atoms with Gasteiger partial charge in [-0.3, -0.25) is 9.69 Å². The molecule has 1 aromatic carbocycles. The van der Waals surface area contributed by atoms with Crippen molar-refractivity contribution in [3.63, 3.8) is 0 Å². The Bertz CT molecular complexity index is 1080. The molecule has 3 aliphatic rings. The average Bonchev–Trinajstić information content (AvgIpc) is 3.18. The molecule has 152 valence electrons. The standard InChI is InChI=1S/C19H18ClFN4O3S/c20-15-7-13(21)1-2-16(15)29(27,28)14-8-19(12(9-22)3-6-25(19)10-14)17(26)24-18(11-23)4-5-18/h1-2,7,12,14H,3-6,8,10H2,(H,24,26)/t12?,14-,19+/m1/s1. The molecule has 3 fully saturated rings. The van der Waals surface area contributed by atoms with E-state index in [1.807, 2.05) is 0 Å². The lowest BCUT2D eigenvalue weighted by Gasteiger charge is -2.33. The molecule has 1 amide bonds. The van der Waals surface area contributed by atoms with Gasteiger partial charge in [-0.2, -0.15) is 10.5 Å². The summed E-state index contributed by atoms with van der Waals surface area (Å²) < 4.78 is 39.8. The van der Waals surface area contributed by atoms with Crippen molar-refractivity contribution < 1.29 is 17.6 Å². The zero-order chi connectivity index (χ0) is 21.0. The average molecular weight is 437 g/mol. The van der Waals surface area contributed by atoms with Gasteiger partial charge in [0.15, 0.2) is 9.84 Å². The molecule has 29 heavy (non-hydrogen) atoms. The van der Waals surface area contributed by atoms with Crippen molar-refractivity contribution in [3.05, 3.63) is 29.0 Å². The van der Waals surface area contributed by atoms with Gasteiger partial charge < -0.3 is 5.32 Å². The number of nitrogens with one attached hydrogen (secondary N) is 1. The van der Waals surface area contributed by atoms with E-state index in [2.05, 4.69) is 17.5 Å². The summed E-state index contributed by atoms with van der Waals surface area (Å²) in [6.07, 6.45) is 1.45. The molecule has 4 rings (SSSR count). The van der Waals surface area contributed by atoms with E-state index < -0.39 is 43.8 Å². The SMILES string of the molecule is N#CC1CCN2C[C@H](S(=O)(=O)c3ccc(F)cc3Cl)C[C@@]12C(=O)NC1(C#N)CC1. The topological polar surface area (TPSA) is 114 Å². The number of nitriles is 2. The van der Waals surface area contributed by atoms with Crippen LogP contribution in [-0.2, 0) is 14.6 Å². The van der Waals surface area contributed by atoms with Crippen LogP contribution >= 0.6 is 11.6 Å². The quantitative estimate of drug-likeness (QED) is 0.719. The molecule has 0 radical (unpaired) electrons. The number of benzene rings is 1. The third-order valence-electron chi connectivity index (χ3n) is 6.30. The van der Waals surface area contributed by atoms with E-state index in [1.165, 1.54) is 0 Å². The van der Waals surface area contributed by atoms with E-state index in [-0.39, 0.29) is 22.9 Å². The maximum absolute atomic E-state index is 13.4. The van der Waals surface area contributed by atoms with Gasteiger partial charge in [-0.05, 0) is 43.9 Å². The van der Waals surface area contributed by atoms with Crippen molar-refractivity contribution in [2.45, 2.75) is 46.9 Å². The third-order valence-corrected chi connectivity index (χ3v) is 8.88. The molecular formula is C19H18ClFN4O3S. The van der Waals surface area contributed by atoms with Gasteiger partial charge in [0.2, 0.25) is 5.91 Å². The number of rotatable bonds is 4. The fraction of sp³-hybridized carbons (Fsp3) is 0.526. The zero-order valence-corrected chi connectivity index (χ0v) is 16.9. The zero-order valence-electron chi connectivity index (χ0n) is 15.4. The first-order valence-electron chi connectivity index (χ1n) is 9.26. The summed E-state index contributed by atoms with van der Waals surface area (Å²) in [6, 6.07) is 7.34. The Morgan fingerprint density at radius 2 is 2.07 bits per heavy atom. The van der Waals surface area contributed by atoms with Crippen LogP contribution in [-0.4, -0.2) is 48.6 Å². The normalized spacial score (nSPS) is 30.2. The number of hydrogen-bond donors (Lipinski definition) is 1. The number of hydrogen-bond acceptors (Lipinski definition) is 6. The molecule has 10 heteroatoms. The lowest BCUT2D eigenvalue weighted by molar-refractivity contribution is -0.132. The van der Waals surface area contributed by atoms with Crippen LogP contribution in [0.1, 0.15) is 25.7 Å². The highest BCUT2D eigenvalue weighted by Gasteiger charge is 2.63. The molecule has 0 spiro atoms. The second-order valence-corrected chi connectivity index (χ2v) is 10.5. The van der Waals surface area contributed by atoms with E-state index in [0.717, 1.165) is 18.2 Å². The van der Waals surface area contributed by atoms with Gasteiger partial charge >= 0.3 is 0 Å². The number of halogens is 2. The van der Waals surface area contributed by atoms with Crippen LogP contribution in [0.5, 0.6) is 0 Å². The summed E-state index contributed by atoms with van der Waals surface area (Å²) in [7, 11) is -3.96. The molecule has 1 saturated carbocycles. The van der Waals surface area contributed by atoms with Crippen molar-refractivity contribution in [1.82, 2.24) is 10.2 Å². The molecule has 1 N–H and O–H groups in total. The van der Waals surface area contributed by atoms with Gasteiger partial charge in [0.05, 0.1) is 33.2 Å². The maximum atomic E-state index is 13.4. The fourth-order valence-corrected chi connectivity index (χ4v) is 6.79. The van der Waals surface area contributed by atoms with Gasteiger partial charge in [0, 0.05) is 13.1 Å². The first-order valence-corrected chi connectivity index (χ1v) is 11.2. The number of sulfone groups is 1. The van der Waals surface area contributed by atoms with Crippen LogP contribution in [0.2, 0.25) is 5.02 Å². The summed E-state index contributed by atoms with van der Waals surface area (Å²) in [5, 5.41) is 20.5. The predicted molar refractivity (Wildman–Crippen MR) is 101 cm³/mol. The monoisotopic (exact) mass is 436 g/mol. The summed E-state index contributed by atoms with van der Waals surface area (Å²) in [5.74, 6) is -1.79. The fourth-order valence-electron chi connectivity index (χ4n) is 4.50. The highest BCUT2D eigenvalue weighted by atomic mass is 35.5. The minimum absolute atomic E-state index is 0.0706. The Labute approximate surface area is 173 Å². The molecule has 1 aromatic rings.